The lowest BCUT2D eigenvalue weighted by Crippen LogP contribution is -1.80. The Morgan fingerprint density at radius 1 is 0.737 bits per heavy atom. The van der Waals surface area contributed by atoms with Gasteiger partial charge in [-0.05, 0) is 47.9 Å². The summed E-state index contributed by atoms with van der Waals surface area (Å²) in [5.41, 5.74) is 1.97. The van der Waals surface area contributed by atoms with Crippen molar-refractivity contribution in [2.75, 3.05) is 0 Å². The molecule has 0 aliphatic carbocycles. The normalized spacial score (nSPS) is 10.6. The maximum absolute atomic E-state index is 5.87. The lowest BCUT2D eigenvalue weighted by atomic mass is 10.2. The van der Waals surface area contributed by atoms with Gasteiger partial charge in [0.25, 0.3) is 0 Å². The zero-order valence-electron chi connectivity index (χ0n) is 9.68. The van der Waals surface area contributed by atoms with Crippen LogP contribution in [-0.4, -0.2) is 9.36 Å². The standard InChI is InChI=1S/C14H8Cl2N2S/c15-11-5-1-9(2-6-11)13-17-14(19-18-13)10-3-7-12(16)8-4-10/h1-8H. The van der Waals surface area contributed by atoms with Crippen LogP contribution in [0.2, 0.25) is 10.0 Å². The quantitative estimate of drug-likeness (QED) is 0.652. The van der Waals surface area contributed by atoms with Gasteiger partial charge in [0.05, 0.1) is 0 Å². The smallest absolute Gasteiger partial charge is 0.173 e. The Hall–Kier alpha value is -1.42. The van der Waals surface area contributed by atoms with Gasteiger partial charge in [0.1, 0.15) is 5.01 Å². The fraction of sp³-hybridized carbons (Fsp3) is 0. The molecule has 0 saturated heterocycles. The largest absolute Gasteiger partial charge is 0.215 e. The average Bonchev–Trinajstić information content (AvgIpc) is 2.90. The molecule has 0 amide bonds. The maximum Gasteiger partial charge on any atom is 0.173 e. The topological polar surface area (TPSA) is 25.8 Å². The van der Waals surface area contributed by atoms with E-state index in [1.165, 1.54) is 11.5 Å². The molecule has 3 rings (SSSR count). The minimum atomic E-state index is 0.705. The molecule has 0 saturated carbocycles. The highest BCUT2D eigenvalue weighted by molar-refractivity contribution is 7.09. The first-order valence-corrected chi connectivity index (χ1v) is 7.11. The fourth-order valence-electron chi connectivity index (χ4n) is 1.65. The third kappa shape index (κ3) is 2.78. The van der Waals surface area contributed by atoms with Crippen molar-refractivity contribution >= 4 is 34.7 Å². The first kappa shape index (κ1) is 12.6. The summed E-state index contributed by atoms with van der Waals surface area (Å²) in [5, 5.41) is 2.30. The predicted molar refractivity (Wildman–Crippen MR) is 80.8 cm³/mol. The number of halogens is 2. The summed E-state index contributed by atoms with van der Waals surface area (Å²) < 4.78 is 4.37. The zero-order valence-corrected chi connectivity index (χ0v) is 12.0. The third-order valence-electron chi connectivity index (χ3n) is 2.62. The van der Waals surface area contributed by atoms with Crippen molar-refractivity contribution in [3.63, 3.8) is 0 Å². The Labute approximate surface area is 124 Å². The first-order valence-electron chi connectivity index (χ1n) is 5.58. The van der Waals surface area contributed by atoms with Crippen LogP contribution in [0.3, 0.4) is 0 Å². The molecule has 0 fully saturated rings. The molecule has 0 radical (unpaired) electrons. The lowest BCUT2D eigenvalue weighted by Gasteiger charge is -1.96. The van der Waals surface area contributed by atoms with Crippen molar-refractivity contribution in [2.45, 2.75) is 0 Å². The number of nitrogens with zero attached hydrogens (tertiary/aromatic N) is 2. The molecule has 0 unspecified atom stereocenters. The van der Waals surface area contributed by atoms with Crippen molar-refractivity contribution in [3.8, 4) is 22.0 Å². The number of aromatic nitrogens is 2. The predicted octanol–water partition coefficient (Wildman–Crippen LogP) is 5.18. The molecule has 1 heterocycles. The van der Waals surface area contributed by atoms with Crippen molar-refractivity contribution in [1.29, 1.82) is 0 Å². The van der Waals surface area contributed by atoms with Crippen LogP contribution in [-0.2, 0) is 0 Å². The molecule has 0 aliphatic rings. The highest BCUT2D eigenvalue weighted by Crippen LogP contribution is 2.27. The fourth-order valence-corrected chi connectivity index (χ4v) is 2.59. The number of rotatable bonds is 2. The van der Waals surface area contributed by atoms with Crippen LogP contribution in [0.4, 0.5) is 0 Å². The second-order valence-corrected chi connectivity index (χ2v) is 5.56. The van der Waals surface area contributed by atoms with Gasteiger partial charge in [-0.15, -0.1) is 0 Å². The monoisotopic (exact) mass is 306 g/mol. The van der Waals surface area contributed by atoms with Gasteiger partial charge < -0.3 is 0 Å². The SMILES string of the molecule is Clc1ccc(-c2nsc(-c3ccc(Cl)cc3)n2)cc1. The Morgan fingerprint density at radius 2 is 1.26 bits per heavy atom. The summed E-state index contributed by atoms with van der Waals surface area (Å²) >= 11 is 13.1. The van der Waals surface area contributed by atoms with Gasteiger partial charge in [-0.3, -0.25) is 0 Å². The molecular formula is C14H8Cl2N2S. The van der Waals surface area contributed by atoms with E-state index in [0.29, 0.717) is 15.9 Å². The summed E-state index contributed by atoms with van der Waals surface area (Å²) in [7, 11) is 0. The van der Waals surface area contributed by atoms with E-state index in [4.69, 9.17) is 23.2 Å². The molecule has 0 bridgehead atoms. The third-order valence-corrected chi connectivity index (χ3v) is 3.89. The van der Waals surface area contributed by atoms with Gasteiger partial charge in [0.15, 0.2) is 5.82 Å². The van der Waals surface area contributed by atoms with Crippen LogP contribution in [0, 0.1) is 0 Å². The van der Waals surface area contributed by atoms with E-state index in [9.17, 15) is 0 Å². The molecule has 0 aliphatic heterocycles. The average molecular weight is 307 g/mol. The van der Waals surface area contributed by atoms with Gasteiger partial charge in [0, 0.05) is 21.2 Å². The molecular weight excluding hydrogens is 299 g/mol. The highest BCUT2D eigenvalue weighted by Gasteiger charge is 2.08. The summed E-state index contributed by atoms with van der Waals surface area (Å²) in [6.07, 6.45) is 0. The molecule has 3 aromatic rings. The molecule has 2 aromatic carbocycles. The Bertz CT molecular complexity index is 630. The summed E-state index contributed by atoms with van der Waals surface area (Å²) in [5.74, 6) is 0.714. The Morgan fingerprint density at radius 3 is 1.84 bits per heavy atom. The Balaban J connectivity index is 1.95. The second-order valence-electron chi connectivity index (χ2n) is 3.94. The van der Waals surface area contributed by atoms with Crippen LogP contribution in [0.1, 0.15) is 0 Å². The van der Waals surface area contributed by atoms with Crippen LogP contribution in [0.5, 0.6) is 0 Å². The molecule has 2 nitrogen and oxygen atoms in total. The van der Waals surface area contributed by atoms with Crippen LogP contribution < -0.4 is 0 Å². The van der Waals surface area contributed by atoms with Crippen LogP contribution in [0.15, 0.2) is 48.5 Å². The number of benzene rings is 2. The van der Waals surface area contributed by atoms with Crippen LogP contribution in [0.25, 0.3) is 22.0 Å². The van der Waals surface area contributed by atoms with Crippen molar-refractivity contribution in [3.05, 3.63) is 58.6 Å². The summed E-state index contributed by atoms with van der Waals surface area (Å²) in [6.45, 7) is 0. The molecule has 1 aromatic heterocycles. The molecule has 0 spiro atoms. The molecule has 5 heteroatoms. The van der Waals surface area contributed by atoms with E-state index in [2.05, 4.69) is 9.36 Å². The van der Waals surface area contributed by atoms with Gasteiger partial charge in [-0.1, -0.05) is 35.3 Å². The molecule has 94 valence electrons. The number of hydrogen-bond donors (Lipinski definition) is 0. The van der Waals surface area contributed by atoms with E-state index in [-0.39, 0.29) is 0 Å². The van der Waals surface area contributed by atoms with Crippen molar-refractivity contribution < 1.29 is 0 Å². The minimum absolute atomic E-state index is 0.705. The summed E-state index contributed by atoms with van der Waals surface area (Å²) in [6, 6.07) is 15.1. The van der Waals surface area contributed by atoms with E-state index >= 15 is 0 Å². The molecule has 0 atom stereocenters. The van der Waals surface area contributed by atoms with Crippen molar-refractivity contribution in [1.82, 2.24) is 9.36 Å². The van der Waals surface area contributed by atoms with Gasteiger partial charge in [-0.25, -0.2) is 4.98 Å². The van der Waals surface area contributed by atoms with E-state index < -0.39 is 0 Å². The molecule has 0 N–H and O–H groups in total. The van der Waals surface area contributed by atoms with E-state index in [1.54, 1.807) is 0 Å². The van der Waals surface area contributed by atoms with Crippen LogP contribution >= 0.6 is 34.7 Å². The van der Waals surface area contributed by atoms with Gasteiger partial charge >= 0.3 is 0 Å². The second kappa shape index (κ2) is 5.29. The zero-order chi connectivity index (χ0) is 13.2. The Kier molecular flexibility index (Phi) is 3.51. The van der Waals surface area contributed by atoms with E-state index in [1.807, 2.05) is 48.5 Å². The minimum Gasteiger partial charge on any atom is -0.215 e. The first-order chi connectivity index (χ1) is 9.22. The van der Waals surface area contributed by atoms with Crippen molar-refractivity contribution in [2.24, 2.45) is 0 Å². The van der Waals surface area contributed by atoms with E-state index in [0.717, 1.165) is 16.1 Å². The highest BCUT2D eigenvalue weighted by atomic mass is 35.5. The maximum atomic E-state index is 5.87. The number of hydrogen-bond acceptors (Lipinski definition) is 3. The molecule has 19 heavy (non-hydrogen) atoms. The van der Waals surface area contributed by atoms with Gasteiger partial charge in [0.2, 0.25) is 0 Å². The summed E-state index contributed by atoms with van der Waals surface area (Å²) in [4.78, 5) is 4.53. The van der Waals surface area contributed by atoms with Gasteiger partial charge in [-0.2, -0.15) is 4.37 Å². The lowest BCUT2D eigenvalue weighted by molar-refractivity contribution is 1.32.